The van der Waals surface area contributed by atoms with Crippen LogP contribution in [0.5, 0.6) is 11.5 Å². The minimum Gasteiger partial charge on any atom is -0.493 e. The van der Waals surface area contributed by atoms with E-state index in [1.807, 2.05) is 42.5 Å². The molecule has 1 atom stereocenters. The fourth-order valence-electron chi connectivity index (χ4n) is 4.45. The summed E-state index contributed by atoms with van der Waals surface area (Å²) in [6.45, 7) is 0. The topological polar surface area (TPSA) is 153 Å². The van der Waals surface area contributed by atoms with Gasteiger partial charge in [-0.3, -0.25) is 4.79 Å². The van der Waals surface area contributed by atoms with Gasteiger partial charge in [0.15, 0.2) is 11.5 Å². The standard InChI is InChI=1S/C29H29N7O3/c1-38-25-16-19(15-22-17-33-29(32)35-28(22)31)14-20(27(25)39-2)11-12-26(37)36-24(10-4-3-7-13-30)23-9-6-5-8-21(23)18-34-36/h3,5-9,11-12,14,16-18,24H,4,10,15H2,1-2H3,(H4,31,32,33,35). The highest BCUT2D eigenvalue weighted by Crippen LogP contribution is 2.35. The number of nitriles is 1. The molecule has 0 saturated carbocycles. The Hall–Kier alpha value is -5.17. The number of aromatic nitrogens is 2. The molecule has 10 heteroatoms. The van der Waals surface area contributed by atoms with E-state index >= 15 is 0 Å². The maximum Gasteiger partial charge on any atom is 0.267 e. The van der Waals surface area contributed by atoms with E-state index in [-0.39, 0.29) is 17.9 Å². The molecule has 0 fully saturated rings. The number of benzene rings is 2. The van der Waals surface area contributed by atoms with E-state index in [2.05, 4.69) is 15.1 Å². The highest BCUT2D eigenvalue weighted by molar-refractivity contribution is 5.95. The summed E-state index contributed by atoms with van der Waals surface area (Å²) in [5.41, 5.74) is 15.8. The Balaban J connectivity index is 1.63. The van der Waals surface area contributed by atoms with Gasteiger partial charge in [-0.25, -0.2) is 9.99 Å². The summed E-state index contributed by atoms with van der Waals surface area (Å²) in [7, 11) is 3.09. The molecule has 0 saturated heterocycles. The van der Waals surface area contributed by atoms with Crippen molar-refractivity contribution >= 4 is 30.0 Å². The summed E-state index contributed by atoms with van der Waals surface area (Å²) in [6, 6.07) is 13.3. The molecule has 0 radical (unpaired) electrons. The first kappa shape index (κ1) is 26.9. The number of hydrazone groups is 1. The molecule has 1 unspecified atom stereocenters. The molecule has 2 aromatic carbocycles. The van der Waals surface area contributed by atoms with Crippen molar-refractivity contribution in [2.24, 2.45) is 5.10 Å². The number of hydrogen-bond donors (Lipinski definition) is 2. The number of carbonyl (C=O) groups is 1. The molecule has 1 aromatic heterocycles. The Morgan fingerprint density at radius 1 is 1.21 bits per heavy atom. The quantitative estimate of drug-likeness (QED) is 0.315. The maximum atomic E-state index is 13.4. The number of allylic oxidation sites excluding steroid dienone is 2. The van der Waals surface area contributed by atoms with Crippen LogP contribution in [-0.2, 0) is 11.2 Å². The van der Waals surface area contributed by atoms with Crippen LogP contribution in [0.1, 0.15) is 46.7 Å². The Labute approximate surface area is 226 Å². The van der Waals surface area contributed by atoms with Crippen LogP contribution in [-0.4, -0.2) is 41.3 Å². The number of methoxy groups -OCH3 is 2. The molecule has 10 nitrogen and oxygen atoms in total. The normalized spacial score (nSPS) is 14.4. The zero-order valence-corrected chi connectivity index (χ0v) is 21.7. The molecule has 4 rings (SSSR count). The Morgan fingerprint density at radius 3 is 2.77 bits per heavy atom. The monoisotopic (exact) mass is 523 g/mol. The summed E-state index contributed by atoms with van der Waals surface area (Å²) in [6.07, 6.45) is 11.3. The Morgan fingerprint density at radius 2 is 2.03 bits per heavy atom. The summed E-state index contributed by atoms with van der Waals surface area (Å²) >= 11 is 0. The molecular weight excluding hydrogens is 494 g/mol. The Kier molecular flexibility index (Phi) is 8.53. The van der Waals surface area contributed by atoms with Crippen molar-refractivity contribution in [3.8, 4) is 17.6 Å². The van der Waals surface area contributed by atoms with Crippen LogP contribution >= 0.6 is 0 Å². The lowest BCUT2D eigenvalue weighted by Gasteiger charge is -2.31. The number of nitrogens with zero attached hydrogens (tertiary/aromatic N) is 5. The van der Waals surface area contributed by atoms with Gasteiger partial charge < -0.3 is 20.9 Å². The predicted octanol–water partition coefficient (Wildman–Crippen LogP) is 4.04. The lowest BCUT2D eigenvalue weighted by atomic mass is 9.95. The lowest BCUT2D eigenvalue weighted by Crippen LogP contribution is -2.32. The zero-order valence-electron chi connectivity index (χ0n) is 21.7. The molecule has 198 valence electrons. The van der Waals surface area contributed by atoms with Gasteiger partial charge in [0.05, 0.1) is 32.5 Å². The SMILES string of the molecule is COc1cc(Cc2cnc(N)nc2N)cc(C=CC(=O)N2N=Cc3ccccc3C2CCC=CC#N)c1OC. The van der Waals surface area contributed by atoms with Gasteiger partial charge in [-0.2, -0.15) is 15.3 Å². The van der Waals surface area contributed by atoms with E-state index in [1.54, 1.807) is 38.8 Å². The van der Waals surface area contributed by atoms with Gasteiger partial charge in [-0.05, 0) is 47.7 Å². The van der Waals surface area contributed by atoms with Gasteiger partial charge in [0.2, 0.25) is 5.95 Å². The maximum absolute atomic E-state index is 13.4. The molecule has 39 heavy (non-hydrogen) atoms. The third kappa shape index (κ3) is 6.22. The number of anilines is 2. The molecule has 1 aliphatic rings. The average Bonchev–Trinajstić information content (AvgIpc) is 2.95. The first-order valence-electron chi connectivity index (χ1n) is 12.3. The van der Waals surface area contributed by atoms with Gasteiger partial charge >= 0.3 is 0 Å². The van der Waals surface area contributed by atoms with Crippen LogP contribution in [0.25, 0.3) is 6.08 Å². The van der Waals surface area contributed by atoms with E-state index in [9.17, 15) is 4.79 Å². The zero-order chi connectivity index (χ0) is 27.8. The van der Waals surface area contributed by atoms with E-state index in [0.717, 1.165) is 16.7 Å². The number of carbonyl (C=O) groups excluding carboxylic acids is 1. The van der Waals surface area contributed by atoms with Gasteiger partial charge in [-0.15, -0.1) is 0 Å². The summed E-state index contributed by atoms with van der Waals surface area (Å²) in [5, 5.41) is 14.7. The van der Waals surface area contributed by atoms with Gasteiger partial charge in [0, 0.05) is 35.9 Å². The van der Waals surface area contributed by atoms with Crippen molar-refractivity contribution in [3.05, 3.63) is 88.6 Å². The molecule has 4 N–H and O–H groups in total. The number of nitrogen functional groups attached to an aromatic ring is 2. The molecule has 0 aliphatic carbocycles. The van der Waals surface area contributed by atoms with E-state index in [4.69, 9.17) is 26.2 Å². The highest BCUT2D eigenvalue weighted by Gasteiger charge is 2.27. The van der Waals surface area contributed by atoms with Crippen LogP contribution < -0.4 is 20.9 Å². The second-order valence-electron chi connectivity index (χ2n) is 8.75. The molecule has 1 aliphatic heterocycles. The predicted molar refractivity (Wildman–Crippen MR) is 150 cm³/mol. The van der Waals surface area contributed by atoms with Crippen molar-refractivity contribution < 1.29 is 14.3 Å². The number of nitrogens with two attached hydrogens (primary N) is 2. The van der Waals surface area contributed by atoms with Crippen LogP contribution in [0, 0.1) is 11.3 Å². The van der Waals surface area contributed by atoms with Gasteiger partial charge in [0.1, 0.15) is 5.82 Å². The van der Waals surface area contributed by atoms with E-state index in [0.29, 0.717) is 47.7 Å². The number of hydrogen-bond acceptors (Lipinski definition) is 9. The fraction of sp³-hybridized carbons (Fsp3) is 0.207. The molecule has 3 aromatic rings. The van der Waals surface area contributed by atoms with Crippen molar-refractivity contribution in [2.45, 2.75) is 25.3 Å². The Bertz CT molecular complexity index is 1490. The number of ether oxygens (including phenoxy) is 2. The first-order valence-corrected chi connectivity index (χ1v) is 12.3. The van der Waals surface area contributed by atoms with Crippen LogP contribution in [0.15, 0.2) is 65.9 Å². The van der Waals surface area contributed by atoms with Crippen LogP contribution in [0.3, 0.4) is 0 Å². The average molecular weight is 524 g/mol. The van der Waals surface area contributed by atoms with Crippen molar-refractivity contribution in [1.82, 2.24) is 15.0 Å². The molecule has 2 heterocycles. The minimum absolute atomic E-state index is 0.105. The van der Waals surface area contributed by atoms with Crippen molar-refractivity contribution in [1.29, 1.82) is 5.26 Å². The summed E-state index contributed by atoms with van der Waals surface area (Å²) in [5.74, 6) is 1.09. The first-order chi connectivity index (χ1) is 18.9. The second-order valence-corrected chi connectivity index (χ2v) is 8.75. The van der Waals surface area contributed by atoms with E-state index in [1.165, 1.54) is 17.2 Å². The largest absolute Gasteiger partial charge is 0.493 e. The lowest BCUT2D eigenvalue weighted by molar-refractivity contribution is -0.128. The highest BCUT2D eigenvalue weighted by atomic mass is 16.5. The molecule has 1 amide bonds. The van der Waals surface area contributed by atoms with E-state index < -0.39 is 0 Å². The molecular formula is C29H29N7O3. The van der Waals surface area contributed by atoms with Gasteiger partial charge in [-0.1, -0.05) is 30.3 Å². The number of fused-ring (bicyclic) bond motifs is 1. The smallest absolute Gasteiger partial charge is 0.267 e. The second kappa shape index (κ2) is 12.4. The van der Waals surface area contributed by atoms with Crippen LogP contribution in [0.2, 0.25) is 0 Å². The third-order valence-corrected chi connectivity index (χ3v) is 6.28. The summed E-state index contributed by atoms with van der Waals surface area (Å²) < 4.78 is 11.2. The number of amides is 1. The van der Waals surface area contributed by atoms with Crippen molar-refractivity contribution in [3.63, 3.8) is 0 Å². The number of rotatable bonds is 9. The summed E-state index contributed by atoms with van der Waals surface area (Å²) in [4.78, 5) is 21.5. The van der Waals surface area contributed by atoms with Crippen molar-refractivity contribution in [2.75, 3.05) is 25.7 Å². The van der Waals surface area contributed by atoms with Crippen LogP contribution in [0.4, 0.5) is 11.8 Å². The van der Waals surface area contributed by atoms with Gasteiger partial charge in [0.25, 0.3) is 5.91 Å². The molecule has 0 spiro atoms. The minimum atomic E-state index is -0.294. The third-order valence-electron chi connectivity index (χ3n) is 6.28. The molecule has 0 bridgehead atoms. The fourth-order valence-corrected chi connectivity index (χ4v) is 4.45.